The van der Waals surface area contributed by atoms with Crippen molar-refractivity contribution in [1.82, 2.24) is 0 Å². The Balaban J connectivity index is 1.95. The molecule has 0 aromatic heterocycles. The number of hydrogen-bond donors (Lipinski definition) is 0. The number of hydrogen-bond acceptors (Lipinski definition) is 2. The summed E-state index contributed by atoms with van der Waals surface area (Å²) in [6, 6.07) is 6.25. The summed E-state index contributed by atoms with van der Waals surface area (Å²) in [5.74, 6) is -2.57. The SMILES string of the molecule is O=[N+]([O-])c1ccc(CC(Br)C2CCC(F)(F)C2)cc1. The third kappa shape index (κ3) is 3.72. The molecule has 0 heterocycles. The van der Waals surface area contributed by atoms with Gasteiger partial charge in [0.15, 0.2) is 0 Å². The summed E-state index contributed by atoms with van der Waals surface area (Å²) in [4.78, 5) is 10.1. The lowest BCUT2D eigenvalue weighted by atomic mass is 9.98. The van der Waals surface area contributed by atoms with E-state index >= 15 is 0 Å². The zero-order valence-electron chi connectivity index (χ0n) is 10.2. The van der Waals surface area contributed by atoms with Crippen molar-refractivity contribution >= 4 is 21.6 Å². The summed E-state index contributed by atoms with van der Waals surface area (Å²) in [6.45, 7) is 0. The van der Waals surface area contributed by atoms with Crippen molar-refractivity contribution in [2.45, 2.75) is 36.4 Å². The van der Waals surface area contributed by atoms with Crippen molar-refractivity contribution in [1.29, 1.82) is 0 Å². The normalized spacial score (nSPS) is 23.2. The molecule has 3 nitrogen and oxygen atoms in total. The van der Waals surface area contributed by atoms with Crippen LogP contribution >= 0.6 is 15.9 Å². The lowest BCUT2D eigenvalue weighted by Crippen LogP contribution is -2.17. The Morgan fingerprint density at radius 2 is 2.05 bits per heavy atom. The van der Waals surface area contributed by atoms with E-state index in [9.17, 15) is 18.9 Å². The summed E-state index contributed by atoms with van der Waals surface area (Å²) in [5.41, 5.74) is 0.963. The molecule has 0 amide bonds. The van der Waals surface area contributed by atoms with Crippen LogP contribution < -0.4 is 0 Å². The minimum absolute atomic E-state index is 0.0117. The zero-order chi connectivity index (χ0) is 14.0. The molecule has 0 radical (unpaired) electrons. The molecule has 104 valence electrons. The summed E-state index contributed by atoms with van der Waals surface area (Å²) >= 11 is 3.47. The molecule has 1 fully saturated rings. The first-order valence-electron chi connectivity index (χ1n) is 6.13. The highest BCUT2D eigenvalue weighted by molar-refractivity contribution is 9.09. The monoisotopic (exact) mass is 333 g/mol. The van der Waals surface area contributed by atoms with Gasteiger partial charge in [0, 0.05) is 29.8 Å². The molecule has 1 aromatic rings. The first kappa shape index (κ1) is 14.4. The summed E-state index contributed by atoms with van der Waals surface area (Å²) in [7, 11) is 0. The van der Waals surface area contributed by atoms with Gasteiger partial charge in [-0.15, -0.1) is 0 Å². The van der Waals surface area contributed by atoms with E-state index < -0.39 is 10.8 Å². The fraction of sp³-hybridized carbons (Fsp3) is 0.538. The topological polar surface area (TPSA) is 43.1 Å². The third-order valence-electron chi connectivity index (χ3n) is 3.53. The molecule has 0 bridgehead atoms. The van der Waals surface area contributed by atoms with Gasteiger partial charge < -0.3 is 0 Å². The second-order valence-corrected chi connectivity index (χ2v) is 6.18. The van der Waals surface area contributed by atoms with E-state index in [4.69, 9.17) is 0 Å². The Morgan fingerprint density at radius 1 is 1.42 bits per heavy atom. The average Bonchev–Trinajstić information content (AvgIpc) is 2.70. The highest BCUT2D eigenvalue weighted by atomic mass is 79.9. The van der Waals surface area contributed by atoms with Gasteiger partial charge in [0.1, 0.15) is 0 Å². The van der Waals surface area contributed by atoms with E-state index in [1.54, 1.807) is 12.1 Å². The van der Waals surface area contributed by atoms with Gasteiger partial charge in [-0.1, -0.05) is 28.1 Å². The van der Waals surface area contributed by atoms with Crippen LogP contribution in [0.2, 0.25) is 0 Å². The maximum Gasteiger partial charge on any atom is 0.269 e. The van der Waals surface area contributed by atoms with E-state index in [1.165, 1.54) is 12.1 Å². The molecule has 1 aliphatic carbocycles. The Morgan fingerprint density at radius 3 is 2.53 bits per heavy atom. The summed E-state index contributed by atoms with van der Waals surface area (Å²) < 4.78 is 26.3. The number of rotatable bonds is 4. The molecule has 2 unspecified atom stereocenters. The van der Waals surface area contributed by atoms with Crippen molar-refractivity contribution in [2.75, 3.05) is 0 Å². The molecule has 0 N–H and O–H groups in total. The van der Waals surface area contributed by atoms with E-state index in [-0.39, 0.29) is 29.3 Å². The second kappa shape index (κ2) is 5.53. The number of non-ortho nitro benzene ring substituents is 1. The molecular weight excluding hydrogens is 320 g/mol. The molecular formula is C13H14BrF2NO2. The van der Waals surface area contributed by atoms with Crippen LogP contribution in [0.1, 0.15) is 24.8 Å². The summed E-state index contributed by atoms with van der Waals surface area (Å²) in [6.07, 6.45) is 1.02. The Bertz CT molecular complexity index is 464. The van der Waals surface area contributed by atoms with Crippen LogP contribution in [-0.2, 0) is 6.42 Å². The molecule has 1 aromatic carbocycles. The predicted molar refractivity (Wildman–Crippen MR) is 71.8 cm³/mol. The van der Waals surface area contributed by atoms with Gasteiger partial charge in [-0.25, -0.2) is 8.78 Å². The van der Waals surface area contributed by atoms with E-state index in [0.29, 0.717) is 12.8 Å². The number of alkyl halides is 3. The average molecular weight is 334 g/mol. The van der Waals surface area contributed by atoms with Crippen LogP contribution in [0, 0.1) is 16.0 Å². The van der Waals surface area contributed by atoms with Crippen LogP contribution in [-0.4, -0.2) is 15.7 Å². The van der Waals surface area contributed by atoms with Gasteiger partial charge in [-0.2, -0.15) is 0 Å². The minimum atomic E-state index is -2.54. The number of halogens is 3. The predicted octanol–water partition coefficient (Wildman–Crippen LogP) is 4.34. The van der Waals surface area contributed by atoms with E-state index in [2.05, 4.69) is 15.9 Å². The smallest absolute Gasteiger partial charge is 0.258 e. The Kier molecular flexibility index (Phi) is 4.18. The van der Waals surface area contributed by atoms with Gasteiger partial charge in [0.2, 0.25) is 5.92 Å². The zero-order valence-corrected chi connectivity index (χ0v) is 11.8. The molecule has 0 aliphatic heterocycles. The molecule has 1 aliphatic rings. The molecule has 0 saturated heterocycles. The second-order valence-electron chi connectivity index (χ2n) is 5.00. The number of nitro groups is 1. The van der Waals surface area contributed by atoms with Crippen LogP contribution in [0.4, 0.5) is 14.5 Å². The molecule has 0 spiro atoms. The lowest BCUT2D eigenvalue weighted by molar-refractivity contribution is -0.384. The third-order valence-corrected chi connectivity index (χ3v) is 4.60. The van der Waals surface area contributed by atoms with Crippen molar-refractivity contribution in [3.63, 3.8) is 0 Å². The van der Waals surface area contributed by atoms with Crippen LogP contribution in [0.3, 0.4) is 0 Å². The highest BCUT2D eigenvalue weighted by Gasteiger charge is 2.41. The Labute approximate surface area is 118 Å². The van der Waals surface area contributed by atoms with Crippen molar-refractivity contribution < 1.29 is 13.7 Å². The van der Waals surface area contributed by atoms with Gasteiger partial charge in [0.05, 0.1) is 4.92 Å². The first-order valence-corrected chi connectivity index (χ1v) is 7.04. The quantitative estimate of drug-likeness (QED) is 0.467. The largest absolute Gasteiger partial charge is 0.269 e. The summed E-state index contributed by atoms with van der Waals surface area (Å²) in [5, 5.41) is 10.5. The highest BCUT2D eigenvalue weighted by Crippen LogP contribution is 2.42. The number of nitrogens with zero attached hydrogens (tertiary/aromatic N) is 1. The maximum atomic E-state index is 13.1. The van der Waals surface area contributed by atoms with Crippen molar-refractivity contribution in [3.05, 3.63) is 39.9 Å². The van der Waals surface area contributed by atoms with Gasteiger partial charge >= 0.3 is 0 Å². The van der Waals surface area contributed by atoms with Crippen LogP contribution in [0.15, 0.2) is 24.3 Å². The van der Waals surface area contributed by atoms with E-state index in [1.807, 2.05) is 0 Å². The van der Waals surface area contributed by atoms with Crippen molar-refractivity contribution in [3.8, 4) is 0 Å². The molecule has 2 atom stereocenters. The van der Waals surface area contributed by atoms with Crippen molar-refractivity contribution in [2.24, 2.45) is 5.92 Å². The van der Waals surface area contributed by atoms with Crippen LogP contribution in [0.5, 0.6) is 0 Å². The number of nitro benzene ring substituents is 1. The molecule has 6 heteroatoms. The van der Waals surface area contributed by atoms with Gasteiger partial charge in [-0.05, 0) is 24.3 Å². The van der Waals surface area contributed by atoms with Gasteiger partial charge in [0.25, 0.3) is 5.69 Å². The molecule has 2 rings (SSSR count). The maximum absolute atomic E-state index is 13.1. The fourth-order valence-electron chi connectivity index (χ4n) is 2.44. The molecule has 1 saturated carbocycles. The fourth-order valence-corrected chi connectivity index (χ4v) is 3.26. The molecule has 19 heavy (non-hydrogen) atoms. The van der Waals surface area contributed by atoms with Crippen LogP contribution in [0.25, 0.3) is 0 Å². The Hall–Kier alpha value is -1.04. The van der Waals surface area contributed by atoms with E-state index in [0.717, 1.165) is 5.56 Å². The standard InChI is InChI=1S/C13H14BrF2NO2/c14-12(10-5-6-13(15,16)8-10)7-9-1-3-11(4-2-9)17(18)19/h1-4,10,12H,5-8H2. The first-order chi connectivity index (χ1) is 8.87. The lowest BCUT2D eigenvalue weighted by Gasteiger charge is -2.17. The minimum Gasteiger partial charge on any atom is -0.258 e. The number of benzene rings is 1. The van der Waals surface area contributed by atoms with Gasteiger partial charge in [-0.3, -0.25) is 10.1 Å².